The molecular weight excluding hydrogens is 298 g/mol. The summed E-state index contributed by atoms with van der Waals surface area (Å²) < 4.78 is 5.41. The van der Waals surface area contributed by atoms with Gasteiger partial charge < -0.3 is 25.4 Å². The van der Waals surface area contributed by atoms with Crippen molar-refractivity contribution >= 4 is 11.9 Å². The molecule has 2 aliphatic heterocycles. The third-order valence-electron chi connectivity index (χ3n) is 3.91. The average molecular weight is 317 g/mol. The number of nitrogens with one attached hydrogen (secondary N) is 2. The first-order chi connectivity index (χ1) is 11.1. The second kappa shape index (κ2) is 6.29. The predicted molar refractivity (Wildman–Crippen MR) is 82.7 cm³/mol. The van der Waals surface area contributed by atoms with Gasteiger partial charge in [0.05, 0.1) is 37.1 Å². The Balaban J connectivity index is 1.90. The van der Waals surface area contributed by atoms with Crippen molar-refractivity contribution in [1.29, 1.82) is 0 Å². The van der Waals surface area contributed by atoms with Gasteiger partial charge in [-0.3, -0.25) is 4.79 Å². The second-order valence-corrected chi connectivity index (χ2v) is 5.38. The molecule has 0 aromatic heterocycles. The molecule has 0 spiro atoms. The van der Waals surface area contributed by atoms with Gasteiger partial charge in [-0.1, -0.05) is 12.1 Å². The fourth-order valence-corrected chi connectivity index (χ4v) is 2.90. The molecule has 0 radical (unpaired) electrons. The Morgan fingerprint density at radius 3 is 2.70 bits per heavy atom. The summed E-state index contributed by atoms with van der Waals surface area (Å²) in [5.74, 6) is 0.575. The van der Waals surface area contributed by atoms with Gasteiger partial charge in [0.15, 0.2) is 0 Å². The summed E-state index contributed by atoms with van der Waals surface area (Å²) in [6, 6.07) is 6.49. The number of rotatable bonds is 5. The minimum atomic E-state index is -0.495. The lowest BCUT2D eigenvalue weighted by atomic mass is 9.96. The molecule has 2 aliphatic rings. The van der Waals surface area contributed by atoms with Gasteiger partial charge in [0, 0.05) is 6.54 Å². The number of β-amino-alcohol motifs (C(OH)–C–C–N with tert-alkyl or cyclic N) is 1. The zero-order chi connectivity index (χ0) is 16.4. The highest BCUT2D eigenvalue weighted by Crippen LogP contribution is 2.32. The standard InChI is InChI=1S/C16H19N3O4/c1-2-23-11-5-3-10(4-6-11)14-13-12(17-16(22)18-14)9-19(7-8-20)15(13)21/h3-6,14,20H,2,7-9H2,1H3,(H2,17,18,22)/t14-/m0/s1. The van der Waals surface area contributed by atoms with Crippen LogP contribution in [0.3, 0.4) is 0 Å². The maximum Gasteiger partial charge on any atom is 0.319 e. The van der Waals surface area contributed by atoms with Crippen molar-refractivity contribution in [2.24, 2.45) is 0 Å². The molecule has 1 aromatic rings. The maximum absolute atomic E-state index is 12.5. The van der Waals surface area contributed by atoms with Gasteiger partial charge in [0.1, 0.15) is 5.75 Å². The van der Waals surface area contributed by atoms with E-state index in [-0.39, 0.29) is 25.1 Å². The van der Waals surface area contributed by atoms with Gasteiger partial charge in [-0.2, -0.15) is 0 Å². The van der Waals surface area contributed by atoms with E-state index in [1.807, 2.05) is 31.2 Å². The van der Waals surface area contributed by atoms with E-state index in [4.69, 9.17) is 9.84 Å². The van der Waals surface area contributed by atoms with Crippen LogP contribution in [0.1, 0.15) is 18.5 Å². The summed E-state index contributed by atoms with van der Waals surface area (Å²) in [6.07, 6.45) is 0. The number of aliphatic hydroxyl groups is 1. The number of hydrogen-bond donors (Lipinski definition) is 3. The third-order valence-corrected chi connectivity index (χ3v) is 3.91. The first kappa shape index (κ1) is 15.4. The number of carbonyl (C=O) groups excluding carboxylic acids is 2. The highest BCUT2D eigenvalue weighted by Gasteiger charge is 2.39. The molecule has 1 aromatic carbocycles. The van der Waals surface area contributed by atoms with Crippen LogP contribution in [0, 0.1) is 0 Å². The van der Waals surface area contributed by atoms with Gasteiger partial charge >= 0.3 is 6.03 Å². The molecular formula is C16H19N3O4. The number of carbonyl (C=O) groups is 2. The second-order valence-electron chi connectivity index (χ2n) is 5.38. The maximum atomic E-state index is 12.5. The quantitative estimate of drug-likeness (QED) is 0.739. The summed E-state index contributed by atoms with van der Waals surface area (Å²) in [6.45, 7) is 2.94. The van der Waals surface area contributed by atoms with Crippen LogP contribution in [0.15, 0.2) is 35.5 Å². The van der Waals surface area contributed by atoms with Crippen molar-refractivity contribution in [2.45, 2.75) is 13.0 Å². The molecule has 0 fully saturated rings. The molecule has 2 heterocycles. The van der Waals surface area contributed by atoms with Crippen LogP contribution >= 0.6 is 0 Å². The lowest BCUT2D eigenvalue weighted by Gasteiger charge is -2.25. The Morgan fingerprint density at radius 2 is 2.04 bits per heavy atom. The minimum absolute atomic E-state index is 0.110. The number of aliphatic hydroxyl groups excluding tert-OH is 1. The van der Waals surface area contributed by atoms with Crippen molar-refractivity contribution in [3.05, 3.63) is 41.1 Å². The van der Waals surface area contributed by atoms with E-state index >= 15 is 0 Å². The van der Waals surface area contributed by atoms with Gasteiger partial charge in [-0.05, 0) is 24.6 Å². The number of hydrogen-bond acceptors (Lipinski definition) is 4. The molecule has 0 saturated heterocycles. The topological polar surface area (TPSA) is 90.9 Å². The Hall–Kier alpha value is -2.54. The third kappa shape index (κ3) is 2.87. The first-order valence-electron chi connectivity index (χ1n) is 7.57. The van der Waals surface area contributed by atoms with E-state index in [1.165, 1.54) is 4.90 Å². The molecule has 0 saturated carbocycles. The number of nitrogens with zero attached hydrogens (tertiary/aromatic N) is 1. The van der Waals surface area contributed by atoms with Crippen molar-refractivity contribution < 1.29 is 19.4 Å². The normalized spacial score (nSPS) is 20.3. The van der Waals surface area contributed by atoms with Crippen molar-refractivity contribution in [3.8, 4) is 5.75 Å². The highest BCUT2D eigenvalue weighted by atomic mass is 16.5. The number of ether oxygens (including phenoxy) is 1. The molecule has 0 aliphatic carbocycles. The van der Waals surface area contributed by atoms with Gasteiger partial charge in [-0.15, -0.1) is 0 Å². The molecule has 1 atom stereocenters. The number of urea groups is 1. The molecule has 0 unspecified atom stereocenters. The fourth-order valence-electron chi connectivity index (χ4n) is 2.90. The Morgan fingerprint density at radius 1 is 1.30 bits per heavy atom. The van der Waals surface area contributed by atoms with Crippen LogP contribution in [0.4, 0.5) is 4.79 Å². The first-order valence-corrected chi connectivity index (χ1v) is 7.57. The van der Waals surface area contributed by atoms with Crippen LogP contribution < -0.4 is 15.4 Å². The zero-order valence-electron chi connectivity index (χ0n) is 12.8. The van der Waals surface area contributed by atoms with Crippen LogP contribution in [0.2, 0.25) is 0 Å². The Labute approximate surface area is 133 Å². The van der Waals surface area contributed by atoms with E-state index in [9.17, 15) is 9.59 Å². The highest BCUT2D eigenvalue weighted by molar-refractivity contribution is 6.01. The molecule has 122 valence electrons. The summed E-state index contributed by atoms with van der Waals surface area (Å²) in [4.78, 5) is 25.9. The molecule has 0 bridgehead atoms. The monoisotopic (exact) mass is 317 g/mol. The van der Waals surface area contributed by atoms with Crippen molar-refractivity contribution in [1.82, 2.24) is 15.5 Å². The van der Waals surface area contributed by atoms with E-state index in [1.54, 1.807) is 0 Å². The molecule has 7 nitrogen and oxygen atoms in total. The SMILES string of the molecule is CCOc1ccc([C@@H]2NC(=O)NC3=C2C(=O)N(CCO)C3)cc1. The van der Waals surface area contributed by atoms with E-state index < -0.39 is 6.04 Å². The summed E-state index contributed by atoms with van der Waals surface area (Å²) in [5.41, 5.74) is 1.95. The smallest absolute Gasteiger partial charge is 0.319 e. The van der Waals surface area contributed by atoms with Crippen LogP contribution in [0.25, 0.3) is 0 Å². The van der Waals surface area contributed by atoms with Gasteiger partial charge in [0.25, 0.3) is 5.91 Å². The minimum Gasteiger partial charge on any atom is -0.494 e. The largest absolute Gasteiger partial charge is 0.494 e. The van der Waals surface area contributed by atoms with Crippen LogP contribution in [0.5, 0.6) is 5.75 Å². The van der Waals surface area contributed by atoms with Crippen LogP contribution in [-0.4, -0.2) is 48.2 Å². The lowest BCUT2D eigenvalue weighted by molar-refractivity contribution is -0.126. The number of amides is 3. The molecule has 23 heavy (non-hydrogen) atoms. The number of benzene rings is 1. The van der Waals surface area contributed by atoms with E-state index in [2.05, 4.69) is 10.6 Å². The van der Waals surface area contributed by atoms with E-state index in [0.717, 1.165) is 11.3 Å². The molecule has 7 heteroatoms. The van der Waals surface area contributed by atoms with Gasteiger partial charge in [-0.25, -0.2) is 4.79 Å². The average Bonchev–Trinajstić information content (AvgIpc) is 2.84. The Kier molecular flexibility index (Phi) is 4.20. The fraction of sp³-hybridized carbons (Fsp3) is 0.375. The van der Waals surface area contributed by atoms with Crippen molar-refractivity contribution in [2.75, 3.05) is 26.3 Å². The Bertz CT molecular complexity index is 654. The lowest BCUT2D eigenvalue weighted by Crippen LogP contribution is -2.44. The van der Waals surface area contributed by atoms with E-state index in [0.29, 0.717) is 24.4 Å². The van der Waals surface area contributed by atoms with Crippen LogP contribution in [-0.2, 0) is 4.79 Å². The predicted octanol–water partition coefficient (Wildman–Crippen LogP) is 0.528. The molecule has 3 N–H and O–H groups in total. The van der Waals surface area contributed by atoms with Crippen molar-refractivity contribution in [3.63, 3.8) is 0 Å². The summed E-state index contributed by atoms with van der Waals surface area (Å²) >= 11 is 0. The van der Waals surface area contributed by atoms with Gasteiger partial charge in [0.2, 0.25) is 0 Å². The summed E-state index contributed by atoms with van der Waals surface area (Å²) in [5, 5.41) is 14.5. The molecule has 3 rings (SSSR count). The molecule has 3 amide bonds. The summed E-state index contributed by atoms with van der Waals surface area (Å²) in [7, 11) is 0. The zero-order valence-corrected chi connectivity index (χ0v) is 12.8.